The summed E-state index contributed by atoms with van der Waals surface area (Å²) in [5, 5.41) is 14.9. The molecule has 2 aromatic carbocycles. The Labute approximate surface area is 195 Å². The summed E-state index contributed by atoms with van der Waals surface area (Å²) < 4.78 is 27.3. The van der Waals surface area contributed by atoms with Crippen LogP contribution in [0.25, 0.3) is 0 Å². The first-order chi connectivity index (χ1) is 15.5. The lowest BCUT2D eigenvalue weighted by Gasteiger charge is -2.15. The van der Waals surface area contributed by atoms with Gasteiger partial charge in [-0.15, -0.1) is 10.2 Å². The molecule has 11 heteroatoms. The zero-order valence-corrected chi connectivity index (χ0v) is 19.7. The van der Waals surface area contributed by atoms with Gasteiger partial charge in [0.25, 0.3) is 0 Å². The maximum atomic E-state index is 12.6. The second kappa shape index (κ2) is 10.4. The molecule has 3 aromatic rings. The van der Waals surface area contributed by atoms with E-state index in [0.717, 1.165) is 18.4 Å². The van der Waals surface area contributed by atoms with Crippen LogP contribution in [-0.4, -0.2) is 47.7 Å². The van der Waals surface area contributed by atoms with Gasteiger partial charge in [0.05, 0.1) is 10.6 Å². The van der Waals surface area contributed by atoms with Crippen molar-refractivity contribution in [3.8, 4) is 0 Å². The molecule has 1 fully saturated rings. The predicted octanol–water partition coefficient (Wildman–Crippen LogP) is 3.67. The van der Waals surface area contributed by atoms with Gasteiger partial charge in [-0.25, -0.2) is 8.42 Å². The lowest BCUT2D eigenvalue weighted by molar-refractivity contribution is -0.113. The fraction of sp³-hybridized carbons (Fsp3) is 0.286. The summed E-state index contributed by atoms with van der Waals surface area (Å²) in [6.07, 6.45) is 1.79. The monoisotopic (exact) mass is 489 g/mol. The van der Waals surface area contributed by atoms with Crippen LogP contribution in [0.4, 0.5) is 10.8 Å². The average Bonchev–Trinajstić information content (AvgIpc) is 3.50. The van der Waals surface area contributed by atoms with E-state index in [1.807, 2.05) is 30.3 Å². The van der Waals surface area contributed by atoms with Crippen LogP contribution in [0.15, 0.2) is 63.8 Å². The normalized spacial score (nSPS) is 14.4. The Balaban J connectivity index is 1.25. The van der Waals surface area contributed by atoms with E-state index in [-0.39, 0.29) is 16.6 Å². The Morgan fingerprint density at radius 1 is 1.03 bits per heavy atom. The molecule has 0 aliphatic carbocycles. The maximum Gasteiger partial charge on any atom is 0.243 e. The predicted molar refractivity (Wildman–Crippen MR) is 127 cm³/mol. The molecule has 0 atom stereocenters. The number of carbonyl (C=O) groups excluding carboxylic acids is 1. The van der Waals surface area contributed by atoms with Gasteiger partial charge in [-0.1, -0.05) is 53.4 Å². The van der Waals surface area contributed by atoms with Crippen molar-refractivity contribution in [3.05, 3.63) is 60.2 Å². The Kier molecular flexibility index (Phi) is 7.40. The van der Waals surface area contributed by atoms with Gasteiger partial charge in [0.2, 0.25) is 21.1 Å². The number of sulfonamides is 1. The number of thioether (sulfide) groups is 1. The minimum Gasteiger partial charge on any atom is -0.356 e. The molecule has 1 aromatic heterocycles. The van der Waals surface area contributed by atoms with Crippen LogP contribution in [0.3, 0.4) is 0 Å². The Morgan fingerprint density at radius 3 is 2.47 bits per heavy atom. The third kappa shape index (κ3) is 5.85. The molecule has 2 heterocycles. The van der Waals surface area contributed by atoms with Crippen molar-refractivity contribution in [2.24, 2.45) is 0 Å². The van der Waals surface area contributed by atoms with Crippen molar-refractivity contribution in [2.75, 3.05) is 29.5 Å². The Bertz CT molecular complexity index is 1140. The van der Waals surface area contributed by atoms with Crippen LogP contribution in [0.5, 0.6) is 0 Å². The van der Waals surface area contributed by atoms with Gasteiger partial charge in [0.15, 0.2) is 4.34 Å². The van der Waals surface area contributed by atoms with E-state index in [2.05, 4.69) is 20.8 Å². The third-order valence-electron chi connectivity index (χ3n) is 4.86. The van der Waals surface area contributed by atoms with Crippen LogP contribution in [0, 0.1) is 0 Å². The highest BCUT2D eigenvalue weighted by molar-refractivity contribution is 8.01. The fourth-order valence-corrected chi connectivity index (χ4v) is 6.29. The molecule has 1 amide bonds. The van der Waals surface area contributed by atoms with Crippen LogP contribution in [-0.2, 0) is 21.4 Å². The first kappa shape index (κ1) is 22.7. The quantitative estimate of drug-likeness (QED) is 0.442. The van der Waals surface area contributed by atoms with Crippen molar-refractivity contribution in [2.45, 2.75) is 28.6 Å². The number of anilines is 2. The molecule has 2 N–H and O–H groups in total. The first-order valence-corrected chi connectivity index (χ1v) is 13.4. The van der Waals surface area contributed by atoms with E-state index in [1.54, 1.807) is 12.1 Å². The van der Waals surface area contributed by atoms with Crippen molar-refractivity contribution in [1.29, 1.82) is 0 Å². The molecule has 32 heavy (non-hydrogen) atoms. The molecular formula is C21H23N5O3S3. The molecule has 8 nitrogen and oxygen atoms in total. The lowest BCUT2D eigenvalue weighted by Crippen LogP contribution is -2.27. The number of benzene rings is 2. The summed E-state index contributed by atoms with van der Waals surface area (Å²) in [5.74, 6) is -0.0135. The number of aromatic nitrogens is 2. The second-order valence-electron chi connectivity index (χ2n) is 7.18. The van der Waals surface area contributed by atoms with E-state index < -0.39 is 10.0 Å². The summed E-state index contributed by atoms with van der Waals surface area (Å²) in [7, 11) is -3.45. The summed E-state index contributed by atoms with van der Waals surface area (Å²) in [5.41, 5.74) is 1.70. The molecule has 0 radical (unpaired) electrons. The average molecular weight is 490 g/mol. The fourth-order valence-electron chi connectivity index (χ4n) is 3.23. The van der Waals surface area contributed by atoms with Gasteiger partial charge >= 0.3 is 0 Å². The van der Waals surface area contributed by atoms with Gasteiger partial charge in [-0.2, -0.15) is 4.31 Å². The van der Waals surface area contributed by atoms with Crippen LogP contribution >= 0.6 is 23.1 Å². The minimum absolute atomic E-state index is 0.182. The van der Waals surface area contributed by atoms with Gasteiger partial charge in [-0.3, -0.25) is 4.79 Å². The molecule has 1 saturated heterocycles. The van der Waals surface area contributed by atoms with Crippen molar-refractivity contribution >= 4 is 49.8 Å². The number of hydrogen-bond acceptors (Lipinski definition) is 8. The van der Waals surface area contributed by atoms with Gasteiger partial charge < -0.3 is 10.6 Å². The summed E-state index contributed by atoms with van der Waals surface area (Å²) in [4.78, 5) is 12.5. The molecule has 168 valence electrons. The van der Waals surface area contributed by atoms with Gasteiger partial charge in [0, 0.05) is 25.3 Å². The number of carbonyl (C=O) groups is 1. The SMILES string of the molecule is O=C(CSc1nnc(NCc2ccccc2)s1)Nc1ccc(S(=O)(=O)N2CCCC2)cc1. The van der Waals surface area contributed by atoms with Crippen molar-refractivity contribution in [1.82, 2.24) is 14.5 Å². The Morgan fingerprint density at radius 2 is 1.75 bits per heavy atom. The highest BCUT2D eigenvalue weighted by Crippen LogP contribution is 2.26. The minimum atomic E-state index is -3.45. The Hall–Kier alpha value is -2.47. The van der Waals surface area contributed by atoms with E-state index in [9.17, 15) is 13.2 Å². The molecule has 0 bridgehead atoms. The zero-order valence-electron chi connectivity index (χ0n) is 17.2. The van der Waals surface area contributed by atoms with Crippen molar-refractivity contribution < 1.29 is 13.2 Å². The van der Waals surface area contributed by atoms with Gasteiger partial charge in [-0.05, 0) is 42.7 Å². The molecular weight excluding hydrogens is 466 g/mol. The third-order valence-corrected chi connectivity index (χ3v) is 8.79. The standard InChI is InChI=1S/C21H23N5O3S3/c27-19(15-30-21-25-24-20(31-21)22-14-16-6-2-1-3-7-16)23-17-8-10-18(11-9-17)32(28,29)26-12-4-5-13-26/h1-3,6-11H,4-5,12-15H2,(H,22,24)(H,23,27). The number of nitrogens with one attached hydrogen (secondary N) is 2. The smallest absolute Gasteiger partial charge is 0.243 e. The van der Waals surface area contributed by atoms with Crippen LogP contribution in [0.2, 0.25) is 0 Å². The van der Waals surface area contributed by atoms with E-state index in [1.165, 1.54) is 39.5 Å². The molecule has 0 unspecified atom stereocenters. The largest absolute Gasteiger partial charge is 0.356 e. The summed E-state index contributed by atoms with van der Waals surface area (Å²) in [6, 6.07) is 16.3. The van der Waals surface area contributed by atoms with Crippen LogP contribution < -0.4 is 10.6 Å². The number of nitrogens with zero attached hydrogens (tertiary/aromatic N) is 3. The number of hydrogen-bond donors (Lipinski definition) is 2. The molecule has 0 saturated carbocycles. The topological polar surface area (TPSA) is 104 Å². The van der Waals surface area contributed by atoms with E-state index in [4.69, 9.17) is 0 Å². The molecule has 1 aliphatic rings. The highest BCUT2D eigenvalue weighted by atomic mass is 32.2. The van der Waals surface area contributed by atoms with Crippen molar-refractivity contribution in [3.63, 3.8) is 0 Å². The summed E-state index contributed by atoms with van der Waals surface area (Å²) in [6.45, 7) is 1.78. The second-order valence-corrected chi connectivity index (χ2v) is 11.3. The molecule has 1 aliphatic heterocycles. The lowest BCUT2D eigenvalue weighted by atomic mass is 10.2. The highest BCUT2D eigenvalue weighted by Gasteiger charge is 2.26. The first-order valence-electron chi connectivity index (χ1n) is 10.1. The maximum absolute atomic E-state index is 12.6. The molecule has 4 rings (SSSR count). The number of rotatable bonds is 9. The summed E-state index contributed by atoms with van der Waals surface area (Å²) >= 11 is 2.70. The van der Waals surface area contributed by atoms with Gasteiger partial charge in [0.1, 0.15) is 0 Å². The van der Waals surface area contributed by atoms with E-state index >= 15 is 0 Å². The number of amides is 1. The van der Waals surface area contributed by atoms with Crippen LogP contribution in [0.1, 0.15) is 18.4 Å². The zero-order chi connectivity index (χ0) is 22.4. The molecule has 0 spiro atoms. The van der Waals surface area contributed by atoms with E-state index in [0.29, 0.717) is 34.8 Å².